The van der Waals surface area contributed by atoms with Crippen molar-refractivity contribution in [1.29, 1.82) is 0 Å². The molecular weight excluding hydrogens is 328 g/mol. The molecule has 1 saturated heterocycles. The number of ether oxygens (including phenoxy) is 1. The molecule has 0 unspecified atom stereocenters. The SMILES string of the molecule is CC[C@H]1CCCCN1C1=C(Cl)C(=O)N(c2ccc(OC)cc2)C1=O. The van der Waals surface area contributed by atoms with Crippen LogP contribution in [0.25, 0.3) is 0 Å². The van der Waals surface area contributed by atoms with E-state index in [1.807, 2.05) is 4.90 Å². The molecule has 0 radical (unpaired) electrons. The molecule has 0 aliphatic carbocycles. The van der Waals surface area contributed by atoms with Gasteiger partial charge in [0.15, 0.2) is 0 Å². The lowest BCUT2D eigenvalue weighted by Gasteiger charge is -2.37. The maximum atomic E-state index is 12.9. The molecule has 2 aliphatic heterocycles. The van der Waals surface area contributed by atoms with Crippen LogP contribution in [0, 0.1) is 0 Å². The van der Waals surface area contributed by atoms with Crippen molar-refractivity contribution in [3.63, 3.8) is 0 Å². The van der Waals surface area contributed by atoms with Crippen LogP contribution in [0.5, 0.6) is 5.75 Å². The van der Waals surface area contributed by atoms with Crippen molar-refractivity contribution in [3.8, 4) is 5.75 Å². The number of carbonyl (C=O) groups excluding carboxylic acids is 2. The summed E-state index contributed by atoms with van der Waals surface area (Å²) in [4.78, 5) is 28.7. The van der Waals surface area contributed by atoms with Gasteiger partial charge in [-0.2, -0.15) is 0 Å². The van der Waals surface area contributed by atoms with Gasteiger partial charge in [0, 0.05) is 12.6 Å². The van der Waals surface area contributed by atoms with Crippen LogP contribution >= 0.6 is 11.6 Å². The number of amides is 2. The van der Waals surface area contributed by atoms with E-state index >= 15 is 0 Å². The van der Waals surface area contributed by atoms with E-state index in [1.165, 1.54) is 0 Å². The fourth-order valence-electron chi connectivity index (χ4n) is 3.43. The van der Waals surface area contributed by atoms with Crippen molar-refractivity contribution >= 4 is 29.1 Å². The molecule has 2 heterocycles. The van der Waals surface area contributed by atoms with Gasteiger partial charge in [-0.15, -0.1) is 0 Å². The van der Waals surface area contributed by atoms with Crippen molar-refractivity contribution in [2.24, 2.45) is 0 Å². The van der Waals surface area contributed by atoms with Gasteiger partial charge in [-0.1, -0.05) is 18.5 Å². The molecule has 0 bridgehead atoms. The summed E-state index contributed by atoms with van der Waals surface area (Å²) in [6.07, 6.45) is 4.10. The zero-order valence-corrected chi connectivity index (χ0v) is 14.7. The molecule has 5 nitrogen and oxygen atoms in total. The third-order valence-corrected chi connectivity index (χ3v) is 5.06. The van der Waals surface area contributed by atoms with Crippen LogP contribution < -0.4 is 9.64 Å². The van der Waals surface area contributed by atoms with Crippen LogP contribution in [-0.4, -0.2) is 36.4 Å². The van der Waals surface area contributed by atoms with Gasteiger partial charge in [0.1, 0.15) is 16.5 Å². The highest BCUT2D eigenvalue weighted by Crippen LogP contribution is 2.35. The summed E-state index contributed by atoms with van der Waals surface area (Å²) in [5, 5.41) is 0.0242. The molecule has 1 fully saturated rings. The smallest absolute Gasteiger partial charge is 0.283 e. The molecule has 0 aromatic heterocycles. The molecule has 6 heteroatoms. The predicted molar refractivity (Wildman–Crippen MR) is 93.0 cm³/mol. The number of nitrogens with zero attached hydrogens (tertiary/aromatic N) is 2. The molecule has 2 amide bonds. The molecule has 0 N–H and O–H groups in total. The standard InChI is InChI=1S/C18H21ClN2O3/c1-3-12-6-4-5-11-20(12)16-15(19)17(22)21(18(16)23)13-7-9-14(24-2)10-8-13/h7-10,12H,3-6,11H2,1-2H3/t12-/m0/s1. The Morgan fingerprint density at radius 3 is 2.50 bits per heavy atom. The number of benzene rings is 1. The zero-order valence-electron chi connectivity index (χ0n) is 13.9. The fraction of sp³-hybridized carbons (Fsp3) is 0.444. The number of hydrogen-bond donors (Lipinski definition) is 0. The van der Waals surface area contributed by atoms with Crippen molar-refractivity contribution in [2.45, 2.75) is 38.6 Å². The Balaban J connectivity index is 1.92. The van der Waals surface area contributed by atoms with Crippen LogP contribution in [0.15, 0.2) is 35.0 Å². The number of hydrogen-bond acceptors (Lipinski definition) is 4. The van der Waals surface area contributed by atoms with Crippen LogP contribution in [0.2, 0.25) is 0 Å². The Hall–Kier alpha value is -2.01. The molecule has 3 rings (SSSR count). The Bertz CT molecular complexity index is 684. The van der Waals surface area contributed by atoms with Gasteiger partial charge in [0.05, 0.1) is 12.8 Å². The zero-order chi connectivity index (χ0) is 17.3. The summed E-state index contributed by atoms with van der Waals surface area (Å²) >= 11 is 6.28. The first kappa shape index (κ1) is 16.8. The number of anilines is 1. The second-order valence-electron chi connectivity index (χ2n) is 6.06. The minimum Gasteiger partial charge on any atom is -0.497 e. The van der Waals surface area contributed by atoms with Gasteiger partial charge in [-0.3, -0.25) is 9.59 Å². The molecule has 2 aliphatic rings. The first-order valence-electron chi connectivity index (χ1n) is 8.27. The van der Waals surface area contributed by atoms with Crippen molar-refractivity contribution in [1.82, 2.24) is 4.90 Å². The number of piperidine rings is 1. The molecule has 1 atom stereocenters. The number of methoxy groups -OCH3 is 1. The molecule has 0 spiro atoms. The molecule has 1 aromatic rings. The summed E-state index contributed by atoms with van der Waals surface area (Å²) < 4.78 is 5.12. The van der Waals surface area contributed by atoms with E-state index < -0.39 is 5.91 Å². The molecule has 1 aromatic carbocycles. The predicted octanol–water partition coefficient (Wildman–Crippen LogP) is 3.28. The summed E-state index contributed by atoms with van der Waals surface area (Å²) in [6, 6.07) is 7.08. The first-order chi connectivity index (χ1) is 11.6. The lowest BCUT2D eigenvalue weighted by molar-refractivity contribution is -0.121. The van der Waals surface area contributed by atoms with E-state index in [2.05, 4.69) is 6.92 Å². The summed E-state index contributed by atoms with van der Waals surface area (Å²) in [5.74, 6) is -0.128. The second kappa shape index (κ2) is 6.85. The lowest BCUT2D eigenvalue weighted by Crippen LogP contribution is -2.42. The molecule has 0 saturated carbocycles. The average Bonchev–Trinajstić information content (AvgIpc) is 2.84. The quantitative estimate of drug-likeness (QED) is 0.783. The van der Waals surface area contributed by atoms with E-state index in [4.69, 9.17) is 16.3 Å². The Kier molecular flexibility index (Phi) is 4.81. The average molecular weight is 349 g/mol. The third-order valence-electron chi connectivity index (χ3n) is 4.72. The Morgan fingerprint density at radius 2 is 1.88 bits per heavy atom. The Labute approximate surface area is 146 Å². The van der Waals surface area contributed by atoms with E-state index in [0.717, 1.165) is 37.1 Å². The first-order valence-corrected chi connectivity index (χ1v) is 8.65. The summed E-state index contributed by atoms with van der Waals surface area (Å²) in [7, 11) is 1.57. The monoisotopic (exact) mass is 348 g/mol. The summed E-state index contributed by atoms with van der Waals surface area (Å²) in [5.41, 5.74) is 0.855. The largest absolute Gasteiger partial charge is 0.497 e. The lowest BCUT2D eigenvalue weighted by atomic mass is 9.99. The maximum Gasteiger partial charge on any atom is 0.283 e. The Morgan fingerprint density at radius 1 is 1.17 bits per heavy atom. The number of carbonyl (C=O) groups is 2. The van der Waals surface area contributed by atoms with Crippen LogP contribution in [0.4, 0.5) is 5.69 Å². The van der Waals surface area contributed by atoms with Gasteiger partial charge in [-0.25, -0.2) is 4.90 Å². The van der Waals surface area contributed by atoms with E-state index in [-0.39, 0.29) is 17.0 Å². The minimum atomic E-state index is -0.456. The van der Waals surface area contributed by atoms with Gasteiger partial charge in [0.2, 0.25) is 0 Å². The van der Waals surface area contributed by atoms with Gasteiger partial charge in [0.25, 0.3) is 11.8 Å². The van der Waals surface area contributed by atoms with E-state index in [0.29, 0.717) is 17.1 Å². The highest BCUT2D eigenvalue weighted by Gasteiger charge is 2.43. The number of likely N-dealkylation sites (tertiary alicyclic amines) is 1. The highest BCUT2D eigenvalue weighted by atomic mass is 35.5. The maximum absolute atomic E-state index is 12.9. The van der Waals surface area contributed by atoms with Crippen LogP contribution in [0.3, 0.4) is 0 Å². The minimum absolute atomic E-state index is 0.0242. The van der Waals surface area contributed by atoms with Gasteiger partial charge < -0.3 is 9.64 Å². The van der Waals surface area contributed by atoms with Gasteiger partial charge in [-0.05, 0) is 49.9 Å². The van der Waals surface area contributed by atoms with Crippen molar-refractivity contribution in [2.75, 3.05) is 18.6 Å². The van der Waals surface area contributed by atoms with E-state index in [9.17, 15) is 9.59 Å². The fourth-order valence-corrected chi connectivity index (χ4v) is 3.70. The van der Waals surface area contributed by atoms with Crippen molar-refractivity contribution in [3.05, 3.63) is 35.0 Å². The number of rotatable bonds is 4. The summed E-state index contributed by atoms with van der Waals surface area (Å²) in [6.45, 7) is 2.86. The number of halogens is 1. The van der Waals surface area contributed by atoms with Gasteiger partial charge >= 0.3 is 0 Å². The molecule has 128 valence electrons. The number of imide groups is 1. The molecular formula is C18H21ClN2O3. The third kappa shape index (κ3) is 2.77. The second-order valence-corrected chi connectivity index (χ2v) is 6.44. The van der Waals surface area contributed by atoms with Crippen LogP contribution in [0.1, 0.15) is 32.6 Å². The molecule has 24 heavy (non-hydrogen) atoms. The topological polar surface area (TPSA) is 49.9 Å². The van der Waals surface area contributed by atoms with E-state index in [1.54, 1.807) is 31.4 Å². The normalized spacial score (nSPS) is 21.7. The van der Waals surface area contributed by atoms with Crippen molar-refractivity contribution < 1.29 is 14.3 Å². The highest BCUT2D eigenvalue weighted by molar-refractivity contribution is 6.52. The van der Waals surface area contributed by atoms with Crippen LogP contribution in [-0.2, 0) is 9.59 Å².